The molecule has 0 saturated heterocycles. The Hall–Kier alpha value is -2.76. The molecule has 0 spiro atoms. The monoisotopic (exact) mass is 270 g/mol. The van der Waals surface area contributed by atoms with E-state index < -0.39 is 11.4 Å². The van der Waals surface area contributed by atoms with Crippen molar-refractivity contribution in [2.24, 2.45) is 0 Å². The predicted molar refractivity (Wildman–Crippen MR) is 72.1 cm³/mol. The van der Waals surface area contributed by atoms with Gasteiger partial charge >= 0.3 is 0 Å². The second-order valence-electron chi connectivity index (χ2n) is 4.32. The molecule has 0 saturated carbocycles. The summed E-state index contributed by atoms with van der Waals surface area (Å²) in [6.45, 7) is 1.45. The Morgan fingerprint density at radius 2 is 2.00 bits per heavy atom. The molecular weight excluding hydrogens is 259 g/mol. The van der Waals surface area contributed by atoms with Gasteiger partial charge in [0.05, 0.1) is 23.1 Å². The molecular formula is C14H11FN4O. The molecule has 0 aliphatic heterocycles. The van der Waals surface area contributed by atoms with E-state index in [-0.39, 0.29) is 5.69 Å². The van der Waals surface area contributed by atoms with Crippen molar-refractivity contribution in [1.29, 1.82) is 0 Å². The number of para-hydroxylation sites is 1. The van der Waals surface area contributed by atoms with Gasteiger partial charge in [0.2, 0.25) is 5.82 Å². The van der Waals surface area contributed by atoms with E-state index in [4.69, 9.17) is 0 Å². The topological polar surface area (TPSA) is 63.6 Å². The number of aryl methyl sites for hydroxylation is 1. The van der Waals surface area contributed by atoms with Crippen LogP contribution < -0.4 is 5.56 Å². The minimum atomic E-state index is -0.857. The first kappa shape index (κ1) is 12.3. The van der Waals surface area contributed by atoms with Gasteiger partial charge in [0.15, 0.2) is 0 Å². The Morgan fingerprint density at radius 3 is 2.70 bits per heavy atom. The lowest BCUT2D eigenvalue weighted by Crippen LogP contribution is -2.15. The van der Waals surface area contributed by atoms with E-state index in [9.17, 15) is 9.18 Å². The molecule has 0 unspecified atom stereocenters. The van der Waals surface area contributed by atoms with Crippen LogP contribution >= 0.6 is 0 Å². The van der Waals surface area contributed by atoms with Gasteiger partial charge in [0.25, 0.3) is 5.56 Å². The third kappa shape index (κ3) is 2.11. The van der Waals surface area contributed by atoms with E-state index in [1.807, 2.05) is 30.3 Å². The summed E-state index contributed by atoms with van der Waals surface area (Å²) in [5, 5.41) is 4.21. The number of halogens is 1. The van der Waals surface area contributed by atoms with Crippen molar-refractivity contribution in [3.63, 3.8) is 0 Å². The van der Waals surface area contributed by atoms with Crippen LogP contribution in [0.1, 0.15) is 5.69 Å². The average Bonchev–Trinajstić information content (AvgIpc) is 2.95. The van der Waals surface area contributed by atoms with Crippen LogP contribution in [0.25, 0.3) is 17.1 Å². The zero-order valence-corrected chi connectivity index (χ0v) is 10.7. The fraction of sp³-hybridized carbons (Fsp3) is 0.0714. The van der Waals surface area contributed by atoms with Gasteiger partial charge < -0.3 is 4.98 Å². The fourth-order valence-electron chi connectivity index (χ4n) is 1.88. The van der Waals surface area contributed by atoms with Crippen LogP contribution in [-0.2, 0) is 0 Å². The van der Waals surface area contributed by atoms with Crippen LogP contribution in [0.4, 0.5) is 4.39 Å². The van der Waals surface area contributed by atoms with Crippen LogP contribution in [0.5, 0.6) is 0 Å². The first-order valence-electron chi connectivity index (χ1n) is 6.02. The highest BCUT2D eigenvalue weighted by molar-refractivity contribution is 5.53. The van der Waals surface area contributed by atoms with Crippen molar-refractivity contribution < 1.29 is 4.39 Å². The number of H-pyrrole nitrogens is 1. The Morgan fingerprint density at radius 1 is 1.25 bits per heavy atom. The van der Waals surface area contributed by atoms with Gasteiger partial charge in [-0.3, -0.25) is 4.79 Å². The van der Waals surface area contributed by atoms with Gasteiger partial charge in [-0.1, -0.05) is 18.2 Å². The summed E-state index contributed by atoms with van der Waals surface area (Å²) in [6.07, 6.45) is 3.30. The van der Waals surface area contributed by atoms with Crippen LogP contribution in [0.15, 0.2) is 47.5 Å². The number of nitrogens with one attached hydrogen (secondary N) is 1. The van der Waals surface area contributed by atoms with Crippen molar-refractivity contribution >= 4 is 0 Å². The molecule has 3 aromatic rings. The molecule has 2 aromatic heterocycles. The lowest BCUT2D eigenvalue weighted by Gasteiger charge is -2.00. The molecule has 0 amide bonds. The smallest absolute Gasteiger partial charge is 0.287 e. The quantitative estimate of drug-likeness (QED) is 0.775. The number of aromatic amines is 1. The second kappa shape index (κ2) is 4.73. The third-order valence-electron chi connectivity index (χ3n) is 2.91. The highest BCUT2D eigenvalue weighted by atomic mass is 19.1. The minimum Gasteiger partial charge on any atom is -0.304 e. The molecule has 0 atom stereocenters. The summed E-state index contributed by atoms with van der Waals surface area (Å²) in [5.41, 5.74) is 0.796. The van der Waals surface area contributed by atoms with E-state index in [1.165, 1.54) is 6.92 Å². The molecule has 6 heteroatoms. The number of rotatable bonds is 2. The van der Waals surface area contributed by atoms with Crippen molar-refractivity contribution in [1.82, 2.24) is 19.7 Å². The Labute approximate surface area is 113 Å². The Bertz CT molecular complexity index is 808. The van der Waals surface area contributed by atoms with Crippen molar-refractivity contribution in [2.45, 2.75) is 6.92 Å². The summed E-state index contributed by atoms with van der Waals surface area (Å²) in [6, 6.07) is 9.53. The molecule has 0 aliphatic carbocycles. The molecule has 2 heterocycles. The van der Waals surface area contributed by atoms with Crippen LogP contribution in [0.2, 0.25) is 0 Å². The van der Waals surface area contributed by atoms with Crippen LogP contribution in [0, 0.1) is 12.7 Å². The third-order valence-corrected chi connectivity index (χ3v) is 2.91. The maximum atomic E-state index is 13.3. The van der Waals surface area contributed by atoms with Gasteiger partial charge in [0.1, 0.15) is 5.82 Å². The zero-order chi connectivity index (χ0) is 14.1. The van der Waals surface area contributed by atoms with Crippen LogP contribution in [0.3, 0.4) is 0 Å². The Kier molecular flexibility index (Phi) is 2.90. The van der Waals surface area contributed by atoms with Gasteiger partial charge in [-0.05, 0) is 19.1 Å². The number of hydrogen-bond acceptors (Lipinski definition) is 3. The van der Waals surface area contributed by atoms with Gasteiger partial charge in [-0.25, -0.2) is 9.67 Å². The summed E-state index contributed by atoms with van der Waals surface area (Å²) < 4.78 is 14.9. The molecule has 0 aliphatic rings. The maximum Gasteiger partial charge on any atom is 0.287 e. The summed E-state index contributed by atoms with van der Waals surface area (Å²) >= 11 is 0. The highest BCUT2D eigenvalue weighted by Gasteiger charge is 2.10. The van der Waals surface area contributed by atoms with E-state index in [0.717, 1.165) is 5.69 Å². The first-order valence-corrected chi connectivity index (χ1v) is 6.02. The Balaban J connectivity index is 2.05. The predicted octanol–water partition coefficient (Wildman–Crippen LogP) is 2.07. The summed E-state index contributed by atoms with van der Waals surface area (Å²) in [7, 11) is 0. The molecule has 5 nitrogen and oxygen atoms in total. The van der Waals surface area contributed by atoms with Crippen molar-refractivity contribution in [3.8, 4) is 17.1 Å². The second-order valence-corrected chi connectivity index (χ2v) is 4.32. The van der Waals surface area contributed by atoms with Crippen molar-refractivity contribution in [3.05, 3.63) is 64.6 Å². The van der Waals surface area contributed by atoms with E-state index in [2.05, 4.69) is 15.1 Å². The normalized spacial score (nSPS) is 10.7. The fourth-order valence-corrected chi connectivity index (χ4v) is 1.88. The summed E-state index contributed by atoms with van der Waals surface area (Å²) in [5.74, 6) is -0.555. The molecule has 0 fully saturated rings. The maximum absolute atomic E-state index is 13.3. The van der Waals surface area contributed by atoms with E-state index in [0.29, 0.717) is 11.4 Å². The van der Waals surface area contributed by atoms with Gasteiger partial charge in [-0.2, -0.15) is 9.49 Å². The molecule has 3 rings (SSSR count). The lowest BCUT2D eigenvalue weighted by molar-refractivity contribution is 0.589. The molecule has 100 valence electrons. The van der Waals surface area contributed by atoms with Gasteiger partial charge in [0, 0.05) is 6.20 Å². The minimum absolute atomic E-state index is 0.0659. The molecule has 20 heavy (non-hydrogen) atoms. The SMILES string of the molecule is Cc1nc(-c2cnn(-c3ccccc3)c2)[nH]c(=O)c1F. The molecule has 0 radical (unpaired) electrons. The number of benzene rings is 1. The highest BCUT2D eigenvalue weighted by Crippen LogP contribution is 2.15. The number of aromatic nitrogens is 4. The largest absolute Gasteiger partial charge is 0.304 e. The average molecular weight is 270 g/mol. The number of nitrogens with zero attached hydrogens (tertiary/aromatic N) is 3. The van der Waals surface area contributed by atoms with E-state index >= 15 is 0 Å². The summed E-state index contributed by atoms with van der Waals surface area (Å²) in [4.78, 5) is 17.8. The molecule has 1 aromatic carbocycles. The van der Waals surface area contributed by atoms with Gasteiger partial charge in [-0.15, -0.1) is 0 Å². The zero-order valence-electron chi connectivity index (χ0n) is 10.7. The lowest BCUT2D eigenvalue weighted by atomic mass is 10.3. The first-order chi connectivity index (χ1) is 9.65. The number of hydrogen-bond donors (Lipinski definition) is 1. The van der Waals surface area contributed by atoms with Crippen molar-refractivity contribution in [2.75, 3.05) is 0 Å². The standard InChI is InChI=1S/C14H11FN4O/c1-9-12(15)14(20)18-13(17-9)10-7-16-19(8-10)11-5-3-2-4-6-11/h2-8H,1H3,(H,17,18,20). The van der Waals surface area contributed by atoms with E-state index in [1.54, 1.807) is 17.1 Å². The van der Waals surface area contributed by atoms with Crippen LogP contribution in [-0.4, -0.2) is 19.7 Å². The molecule has 1 N–H and O–H groups in total. The molecule has 0 bridgehead atoms.